The number of benzene rings is 2. The van der Waals surface area contributed by atoms with E-state index in [1.54, 1.807) is 6.07 Å². The summed E-state index contributed by atoms with van der Waals surface area (Å²) in [7, 11) is 0. The number of non-ortho nitro benzene ring substituents is 1. The maximum absolute atomic E-state index is 14.0. The van der Waals surface area contributed by atoms with Crippen molar-refractivity contribution in [2.75, 3.05) is 18.0 Å². The van der Waals surface area contributed by atoms with Crippen molar-refractivity contribution in [3.8, 4) is 11.1 Å². The molecule has 3 rings (SSSR count). The second-order valence-electron chi connectivity index (χ2n) is 5.67. The molecule has 0 atom stereocenters. The molecule has 1 heterocycles. The van der Waals surface area contributed by atoms with Gasteiger partial charge in [0.15, 0.2) is 0 Å². The lowest BCUT2D eigenvalue weighted by molar-refractivity contribution is -0.384. The highest BCUT2D eigenvalue weighted by Gasteiger charge is 2.18. The van der Waals surface area contributed by atoms with E-state index in [0.717, 1.165) is 44.5 Å². The van der Waals surface area contributed by atoms with E-state index in [1.807, 2.05) is 0 Å². The van der Waals surface area contributed by atoms with Crippen LogP contribution in [0.25, 0.3) is 11.1 Å². The van der Waals surface area contributed by atoms with Crippen LogP contribution in [0.4, 0.5) is 20.2 Å². The van der Waals surface area contributed by atoms with Gasteiger partial charge in [-0.2, -0.15) is 0 Å². The SMILES string of the molecule is O=[N+]([O-])c1cc(-c2ccc(F)cc2F)cc(N2CCCCC2)c1. The van der Waals surface area contributed by atoms with Crippen LogP contribution in [0.5, 0.6) is 0 Å². The van der Waals surface area contributed by atoms with Gasteiger partial charge in [0.25, 0.3) is 5.69 Å². The van der Waals surface area contributed by atoms with Crippen molar-refractivity contribution >= 4 is 11.4 Å². The quantitative estimate of drug-likeness (QED) is 0.617. The first kappa shape index (κ1) is 15.4. The molecule has 0 bridgehead atoms. The second kappa shape index (κ2) is 6.32. The maximum Gasteiger partial charge on any atom is 0.272 e. The maximum atomic E-state index is 14.0. The highest BCUT2D eigenvalue weighted by molar-refractivity contribution is 5.73. The summed E-state index contributed by atoms with van der Waals surface area (Å²) in [5.74, 6) is -1.40. The minimum atomic E-state index is -0.727. The zero-order chi connectivity index (χ0) is 16.4. The molecule has 0 amide bonds. The molecule has 1 saturated heterocycles. The molecule has 2 aromatic carbocycles. The molecule has 1 fully saturated rings. The van der Waals surface area contributed by atoms with Crippen LogP contribution in [-0.4, -0.2) is 18.0 Å². The van der Waals surface area contributed by atoms with Crippen LogP contribution in [0.2, 0.25) is 0 Å². The minimum Gasteiger partial charge on any atom is -0.371 e. The van der Waals surface area contributed by atoms with Crippen molar-refractivity contribution in [1.82, 2.24) is 0 Å². The van der Waals surface area contributed by atoms with Gasteiger partial charge in [-0.05, 0) is 43.0 Å². The highest BCUT2D eigenvalue weighted by Crippen LogP contribution is 2.33. The van der Waals surface area contributed by atoms with Crippen molar-refractivity contribution in [2.45, 2.75) is 19.3 Å². The standard InChI is InChI=1S/C17H16F2N2O2/c18-13-4-5-16(17(19)10-13)12-8-14(11-15(9-12)21(22)23)20-6-2-1-3-7-20/h4-5,8-11H,1-3,6-7H2. The average molecular weight is 318 g/mol. The Kier molecular flexibility index (Phi) is 4.23. The third-order valence-electron chi connectivity index (χ3n) is 4.08. The first-order valence-electron chi connectivity index (χ1n) is 7.54. The van der Waals surface area contributed by atoms with Crippen LogP contribution in [-0.2, 0) is 0 Å². The fourth-order valence-corrected chi connectivity index (χ4v) is 2.91. The molecule has 120 valence electrons. The predicted molar refractivity (Wildman–Crippen MR) is 84.5 cm³/mol. The third kappa shape index (κ3) is 3.31. The van der Waals surface area contributed by atoms with Crippen LogP contribution < -0.4 is 4.90 Å². The number of piperidine rings is 1. The summed E-state index contributed by atoms with van der Waals surface area (Å²) in [5.41, 5.74) is 1.16. The molecule has 0 radical (unpaired) electrons. The summed E-state index contributed by atoms with van der Waals surface area (Å²) < 4.78 is 27.1. The lowest BCUT2D eigenvalue weighted by Gasteiger charge is -2.29. The summed E-state index contributed by atoms with van der Waals surface area (Å²) >= 11 is 0. The number of nitro groups is 1. The summed E-state index contributed by atoms with van der Waals surface area (Å²) in [6, 6.07) is 7.81. The molecule has 1 aliphatic heterocycles. The molecule has 4 nitrogen and oxygen atoms in total. The van der Waals surface area contributed by atoms with Gasteiger partial charge in [0.1, 0.15) is 11.6 Å². The van der Waals surface area contributed by atoms with E-state index in [2.05, 4.69) is 4.90 Å². The fraction of sp³-hybridized carbons (Fsp3) is 0.294. The highest BCUT2D eigenvalue weighted by atomic mass is 19.1. The van der Waals surface area contributed by atoms with Gasteiger partial charge in [-0.15, -0.1) is 0 Å². The average Bonchev–Trinajstić information content (AvgIpc) is 2.55. The van der Waals surface area contributed by atoms with E-state index in [4.69, 9.17) is 0 Å². The molecule has 0 aliphatic carbocycles. The Hall–Kier alpha value is -2.50. The van der Waals surface area contributed by atoms with Crippen molar-refractivity contribution in [3.05, 3.63) is 58.1 Å². The summed E-state index contributed by atoms with van der Waals surface area (Å²) in [4.78, 5) is 12.8. The number of nitro benzene ring substituents is 1. The third-order valence-corrected chi connectivity index (χ3v) is 4.08. The van der Waals surface area contributed by atoms with Gasteiger partial charge < -0.3 is 4.90 Å². The van der Waals surface area contributed by atoms with E-state index in [1.165, 1.54) is 18.2 Å². The molecule has 1 aliphatic rings. The van der Waals surface area contributed by atoms with Gasteiger partial charge in [-0.1, -0.05) is 0 Å². The molecular formula is C17H16F2N2O2. The van der Waals surface area contributed by atoms with Crippen molar-refractivity contribution in [3.63, 3.8) is 0 Å². The van der Waals surface area contributed by atoms with E-state index in [-0.39, 0.29) is 11.3 Å². The fourth-order valence-electron chi connectivity index (χ4n) is 2.91. The molecule has 2 aromatic rings. The van der Waals surface area contributed by atoms with Crippen LogP contribution in [0.3, 0.4) is 0 Å². The monoisotopic (exact) mass is 318 g/mol. The van der Waals surface area contributed by atoms with E-state index < -0.39 is 16.6 Å². The number of anilines is 1. The van der Waals surface area contributed by atoms with Gasteiger partial charge >= 0.3 is 0 Å². The van der Waals surface area contributed by atoms with Crippen LogP contribution in [0, 0.1) is 21.7 Å². The van der Waals surface area contributed by atoms with Crippen LogP contribution in [0.1, 0.15) is 19.3 Å². The number of hydrogen-bond donors (Lipinski definition) is 0. The number of halogens is 2. The van der Waals surface area contributed by atoms with Crippen molar-refractivity contribution in [2.24, 2.45) is 0 Å². The molecule has 23 heavy (non-hydrogen) atoms. The zero-order valence-corrected chi connectivity index (χ0v) is 12.5. The first-order valence-corrected chi connectivity index (χ1v) is 7.54. The minimum absolute atomic E-state index is 0.0909. The summed E-state index contributed by atoms with van der Waals surface area (Å²) in [5, 5.41) is 11.2. The van der Waals surface area contributed by atoms with Crippen LogP contribution in [0.15, 0.2) is 36.4 Å². The van der Waals surface area contributed by atoms with Gasteiger partial charge in [0, 0.05) is 42.5 Å². The van der Waals surface area contributed by atoms with Crippen LogP contribution >= 0.6 is 0 Å². The molecule has 0 saturated carbocycles. The molecule has 0 aromatic heterocycles. The van der Waals surface area contributed by atoms with Gasteiger partial charge in [-0.3, -0.25) is 10.1 Å². The zero-order valence-electron chi connectivity index (χ0n) is 12.5. The normalized spacial score (nSPS) is 14.8. The molecule has 0 spiro atoms. The lowest BCUT2D eigenvalue weighted by atomic mass is 10.0. The molecule has 0 unspecified atom stereocenters. The van der Waals surface area contributed by atoms with Crippen molar-refractivity contribution in [1.29, 1.82) is 0 Å². The van der Waals surface area contributed by atoms with Gasteiger partial charge in [-0.25, -0.2) is 8.78 Å². The Morgan fingerprint density at radius 3 is 2.39 bits per heavy atom. The van der Waals surface area contributed by atoms with Crippen molar-refractivity contribution < 1.29 is 13.7 Å². The lowest BCUT2D eigenvalue weighted by Crippen LogP contribution is -2.29. The molecular weight excluding hydrogens is 302 g/mol. The molecule has 6 heteroatoms. The van der Waals surface area contributed by atoms with Gasteiger partial charge in [0.05, 0.1) is 4.92 Å². The summed E-state index contributed by atoms with van der Waals surface area (Å²) in [6.07, 6.45) is 3.21. The Balaban J connectivity index is 2.08. The van der Waals surface area contributed by atoms with E-state index >= 15 is 0 Å². The Bertz CT molecular complexity index is 743. The number of rotatable bonds is 3. The Labute approximate surface area is 132 Å². The second-order valence-corrected chi connectivity index (χ2v) is 5.67. The van der Waals surface area contributed by atoms with E-state index in [0.29, 0.717) is 11.3 Å². The Morgan fingerprint density at radius 1 is 1.00 bits per heavy atom. The Morgan fingerprint density at radius 2 is 1.74 bits per heavy atom. The molecule has 0 N–H and O–H groups in total. The smallest absolute Gasteiger partial charge is 0.272 e. The van der Waals surface area contributed by atoms with Gasteiger partial charge in [0.2, 0.25) is 0 Å². The van der Waals surface area contributed by atoms with E-state index in [9.17, 15) is 18.9 Å². The summed E-state index contributed by atoms with van der Waals surface area (Å²) in [6.45, 7) is 1.65. The number of hydrogen-bond acceptors (Lipinski definition) is 3. The first-order chi connectivity index (χ1) is 11.0. The predicted octanol–water partition coefficient (Wildman–Crippen LogP) is 4.53. The topological polar surface area (TPSA) is 46.4 Å². The largest absolute Gasteiger partial charge is 0.371 e. The number of nitrogens with zero attached hydrogens (tertiary/aromatic N) is 2.